The minimum absolute atomic E-state index is 0.0685. The number of amides is 1. The minimum Gasteiger partial charge on any atom is -0.507 e. The summed E-state index contributed by atoms with van der Waals surface area (Å²) in [7, 11) is 2.92. The van der Waals surface area contributed by atoms with Crippen LogP contribution in [0, 0.1) is 0 Å². The average Bonchev–Trinajstić information content (AvgIpc) is 3.05. The maximum absolute atomic E-state index is 13.1. The Bertz CT molecular complexity index is 1060. The van der Waals surface area contributed by atoms with Crippen molar-refractivity contribution in [3.8, 4) is 11.5 Å². The van der Waals surface area contributed by atoms with Crippen LogP contribution < -0.4 is 9.47 Å². The van der Waals surface area contributed by atoms with E-state index in [0.717, 1.165) is 6.42 Å². The molecular weight excluding hydrogens is 469 g/mol. The van der Waals surface area contributed by atoms with Gasteiger partial charge in [-0.25, -0.2) is 0 Å². The highest BCUT2D eigenvalue weighted by molar-refractivity contribution is 6.46. The minimum atomic E-state index is -0.843. The fourth-order valence-corrected chi connectivity index (χ4v) is 4.33. The van der Waals surface area contributed by atoms with Crippen LogP contribution in [0.5, 0.6) is 11.5 Å². The summed E-state index contributed by atoms with van der Waals surface area (Å²) in [6, 6.07) is 9.12. The lowest BCUT2D eigenvalue weighted by molar-refractivity contribution is -0.140. The van der Waals surface area contributed by atoms with E-state index in [0.29, 0.717) is 17.9 Å². The highest BCUT2D eigenvalue weighted by atomic mass is 35.5. The third-order valence-electron chi connectivity index (χ3n) is 5.20. The molecule has 1 N–H and O–H groups in total. The van der Waals surface area contributed by atoms with Crippen LogP contribution in [0.15, 0.2) is 42.0 Å². The molecule has 1 aliphatic rings. The Kier molecular flexibility index (Phi) is 8.24. The lowest BCUT2D eigenvalue weighted by atomic mass is 9.95. The van der Waals surface area contributed by atoms with Gasteiger partial charge in [0, 0.05) is 19.2 Å². The number of carbonyl (C=O) groups excluding carboxylic acids is 2. The molecule has 0 aliphatic carbocycles. The number of ether oxygens (including phenoxy) is 3. The monoisotopic (exact) mass is 493 g/mol. The molecule has 1 saturated heterocycles. The Morgan fingerprint density at radius 2 is 1.79 bits per heavy atom. The Labute approximate surface area is 202 Å². The molecule has 33 heavy (non-hydrogen) atoms. The average molecular weight is 494 g/mol. The summed E-state index contributed by atoms with van der Waals surface area (Å²) < 4.78 is 16.0. The molecule has 1 unspecified atom stereocenters. The van der Waals surface area contributed by atoms with Crippen molar-refractivity contribution < 1.29 is 28.9 Å². The summed E-state index contributed by atoms with van der Waals surface area (Å²) in [5, 5.41) is 11.5. The van der Waals surface area contributed by atoms with Gasteiger partial charge in [0.2, 0.25) is 0 Å². The molecule has 0 bridgehead atoms. The fraction of sp³-hybridized carbons (Fsp3) is 0.333. The first-order chi connectivity index (χ1) is 15.8. The molecule has 1 heterocycles. The van der Waals surface area contributed by atoms with Crippen LogP contribution in [-0.4, -0.2) is 55.7 Å². The molecule has 0 saturated carbocycles. The molecule has 7 nitrogen and oxygen atoms in total. The lowest BCUT2D eigenvalue weighted by Gasteiger charge is -2.25. The Hall–Kier alpha value is -2.74. The molecule has 2 aromatic carbocycles. The van der Waals surface area contributed by atoms with Crippen LogP contribution in [0.4, 0.5) is 0 Å². The van der Waals surface area contributed by atoms with Crippen molar-refractivity contribution in [2.75, 3.05) is 34.0 Å². The van der Waals surface area contributed by atoms with Crippen LogP contribution >= 0.6 is 23.2 Å². The standard InChI is InChI=1S/C24H25Cl2NO6/c1-4-9-33-16-7-5-6-14(11-16)20-19(22(29)24(30)27(20)8-10-31-2)21(28)15-12-17(25)23(32-3)18(26)13-15/h5-7,11-13,20,28H,4,8-10H2,1-3H3/b21-19+. The first kappa shape index (κ1) is 24.9. The van der Waals surface area contributed by atoms with Gasteiger partial charge in [-0.2, -0.15) is 0 Å². The molecule has 2 aromatic rings. The highest BCUT2D eigenvalue weighted by Gasteiger charge is 2.46. The number of aliphatic hydroxyl groups is 1. The zero-order chi connectivity index (χ0) is 24.1. The van der Waals surface area contributed by atoms with Crippen molar-refractivity contribution in [2.24, 2.45) is 0 Å². The van der Waals surface area contributed by atoms with Gasteiger partial charge in [-0.05, 0) is 36.2 Å². The van der Waals surface area contributed by atoms with Crippen molar-refractivity contribution in [1.82, 2.24) is 4.90 Å². The second-order valence-electron chi connectivity index (χ2n) is 7.38. The number of rotatable bonds is 9. The molecule has 1 amide bonds. The second kappa shape index (κ2) is 10.9. The first-order valence-corrected chi connectivity index (χ1v) is 11.1. The van der Waals surface area contributed by atoms with Gasteiger partial charge in [-0.3, -0.25) is 9.59 Å². The molecule has 1 fully saturated rings. The summed E-state index contributed by atoms with van der Waals surface area (Å²) in [6.07, 6.45) is 0.829. The van der Waals surface area contributed by atoms with Gasteiger partial charge in [0.05, 0.1) is 42.0 Å². The van der Waals surface area contributed by atoms with Crippen molar-refractivity contribution in [3.63, 3.8) is 0 Å². The molecule has 1 atom stereocenters. The topological polar surface area (TPSA) is 85.3 Å². The van der Waals surface area contributed by atoms with E-state index in [4.69, 9.17) is 37.4 Å². The van der Waals surface area contributed by atoms with Gasteiger partial charge >= 0.3 is 0 Å². The van der Waals surface area contributed by atoms with Crippen molar-refractivity contribution in [2.45, 2.75) is 19.4 Å². The van der Waals surface area contributed by atoms with E-state index in [-0.39, 0.29) is 45.8 Å². The number of benzene rings is 2. The van der Waals surface area contributed by atoms with Crippen LogP contribution in [-0.2, 0) is 14.3 Å². The van der Waals surface area contributed by atoms with Crippen LogP contribution in [0.1, 0.15) is 30.5 Å². The SMILES string of the molecule is CCCOc1cccc(C2/C(=C(\O)c3cc(Cl)c(OC)c(Cl)c3)C(=O)C(=O)N2CCOC)c1. The zero-order valence-corrected chi connectivity index (χ0v) is 20.1. The molecule has 3 rings (SSSR count). The Balaban J connectivity index is 2.17. The zero-order valence-electron chi connectivity index (χ0n) is 18.6. The summed E-state index contributed by atoms with van der Waals surface area (Å²) in [6.45, 7) is 2.90. The molecule has 176 valence electrons. The maximum Gasteiger partial charge on any atom is 0.295 e. The van der Waals surface area contributed by atoms with Crippen LogP contribution in [0.3, 0.4) is 0 Å². The molecule has 9 heteroatoms. The third kappa shape index (κ3) is 5.11. The normalized spacial score (nSPS) is 17.5. The predicted octanol–water partition coefficient (Wildman–Crippen LogP) is 4.86. The van der Waals surface area contributed by atoms with E-state index in [1.165, 1.54) is 31.3 Å². The van der Waals surface area contributed by atoms with E-state index in [9.17, 15) is 14.7 Å². The maximum atomic E-state index is 13.1. The predicted molar refractivity (Wildman–Crippen MR) is 126 cm³/mol. The van der Waals surface area contributed by atoms with Crippen molar-refractivity contribution >= 4 is 40.7 Å². The molecule has 1 aliphatic heterocycles. The second-order valence-corrected chi connectivity index (χ2v) is 8.19. The van der Waals surface area contributed by atoms with E-state index in [2.05, 4.69) is 0 Å². The molecular formula is C24H25Cl2NO6. The summed E-state index contributed by atoms with van der Waals surface area (Å²) >= 11 is 12.5. The molecule has 0 radical (unpaired) electrons. The molecule has 0 aromatic heterocycles. The van der Waals surface area contributed by atoms with Gasteiger partial charge in [0.15, 0.2) is 5.75 Å². The van der Waals surface area contributed by atoms with E-state index < -0.39 is 17.7 Å². The van der Waals surface area contributed by atoms with E-state index >= 15 is 0 Å². The number of likely N-dealkylation sites (tertiary alicyclic amines) is 1. The summed E-state index contributed by atoms with van der Waals surface area (Å²) in [4.78, 5) is 27.3. The quantitative estimate of drug-likeness (QED) is 0.305. The van der Waals surface area contributed by atoms with Gasteiger partial charge in [-0.15, -0.1) is 0 Å². The summed E-state index contributed by atoms with van der Waals surface area (Å²) in [5.41, 5.74) is 0.742. The number of aliphatic hydroxyl groups excluding tert-OH is 1. The lowest BCUT2D eigenvalue weighted by Crippen LogP contribution is -2.32. The Morgan fingerprint density at radius 3 is 2.39 bits per heavy atom. The van der Waals surface area contributed by atoms with Crippen molar-refractivity contribution in [1.29, 1.82) is 0 Å². The van der Waals surface area contributed by atoms with Gasteiger partial charge in [0.25, 0.3) is 11.7 Å². The highest BCUT2D eigenvalue weighted by Crippen LogP contribution is 2.42. The number of carbonyl (C=O) groups is 2. The fourth-order valence-electron chi connectivity index (χ4n) is 3.69. The third-order valence-corrected chi connectivity index (χ3v) is 5.76. The van der Waals surface area contributed by atoms with Crippen LogP contribution in [0.25, 0.3) is 5.76 Å². The smallest absolute Gasteiger partial charge is 0.295 e. The van der Waals surface area contributed by atoms with E-state index in [1.54, 1.807) is 24.3 Å². The largest absolute Gasteiger partial charge is 0.507 e. The van der Waals surface area contributed by atoms with Gasteiger partial charge in [-0.1, -0.05) is 42.3 Å². The number of hydrogen-bond acceptors (Lipinski definition) is 6. The summed E-state index contributed by atoms with van der Waals surface area (Å²) in [5.74, 6) is -1.08. The number of Topliss-reactive ketones (excluding diaryl/α,β-unsaturated/α-hetero) is 1. The van der Waals surface area contributed by atoms with Crippen LogP contribution in [0.2, 0.25) is 10.0 Å². The van der Waals surface area contributed by atoms with Crippen molar-refractivity contribution in [3.05, 3.63) is 63.1 Å². The number of ketones is 1. The van der Waals surface area contributed by atoms with Gasteiger partial charge < -0.3 is 24.2 Å². The Morgan fingerprint density at radius 1 is 1.09 bits per heavy atom. The van der Waals surface area contributed by atoms with E-state index in [1.807, 2.05) is 6.92 Å². The van der Waals surface area contributed by atoms with Gasteiger partial charge in [0.1, 0.15) is 11.5 Å². The number of nitrogens with zero attached hydrogens (tertiary/aromatic N) is 1. The molecule has 0 spiro atoms. The first-order valence-electron chi connectivity index (χ1n) is 10.4. The number of hydrogen-bond donors (Lipinski definition) is 1. The number of methoxy groups -OCH3 is 2. The number of halogens is 2.